The Morgan fingerprint density at radius 1 is 1.32 bits per heavy atom. The molecule has 2 N–H and O–H groups in total. The lowest BCUT2D eigenvalue weighted by atomic mass is 9.97. The van der Waals surface area contributed by atoms with Gasteiger partial charge in [0.15, 0.2) is 5.82 Å². The zero-order valence-electron chi connectivity index (χ0n) is 15.2. The Balaban J connectivity index is 1.59. The molecule has 9 heteroatoms. The number of carbonyl (C=O) groups excluding carboxylic acids is 1. The Labute approximate surface area is 165 Å². The highest BCUT2D eigenvalue weighted by molar-refractivity contribution is 8.00. The van der Waals surface area contributed by atoms with Crippen molar-refractivity contribution in [2.75, 3.05) is 24.2 Å². The monoisotopic (exact) mass is 413 g/mol. The van der Waals surface area contributed by atoms with Gasteiger partial charge >= 0.3 is 0 Å². The third kappa shape index (κ3) is 5.55. The summed E-state index contributed by atoms with van der Waals surface area (Å²) < 4.78 is 39.3. The van der Waals surface area contributed by atoms with Gasteiger partial charge in [-0.05, 0) is 32.4 Å². The molecule has 2 fully saturated rings. The first-order valence-corrected chi connectivity index (χ1v) is 10.3. The molecule has 2 saturated heterocycles. The maximum atomic E-state index is 13.7. The van der Waals surface area contributed by atoms with Crippen molar-refractivity contribution in [1.29, 1.82) is 0 Å². The molecule has 0 spiro atoms. The van der Waals surface area contributed by atoms with Gasteiger partial charge < -0.3 is 15.2 Å². The molecule has 5 nitrogen and oxygen atoms in total. The fourth-order valence-corrected chi connectivity index (χ4v) is 4.55. The van der Waals surface area contributed by atoms with Gasteiger partial charge in [-0.2, -0.15) is 0 Å². The standard InChI is InChI=1S/C19H22F3N3O2S/c20-15-8-14(9-25(19(15)27)10-17(21)22)24-18(26)16-7-13(11-28-16)2-1-12-3-5-23-6-4-12/h8-9,12-13,16-17,23H,3-7,10-11H2,(H,24,26). The van der Waals surface area contributed by atoms with E-state index in [1.165, 1.54) is 11.8 Å². The molecule has 0 bridgehead atoms. The Kier molecular flexibility index (Phi) is 7.08. The zero-order valence-corrected chi connectivity index (χ0v) is 16.0. The van der Waals surface area contributed by atoms with Crippen LogP contribution in [0.5, 0.6) is 0 Å². The summed E-state index contributed by atoms with van der Waals surface area (Å²) >= 11 is 1.48. The van der Waals surface area contributed by atoms with Crippen LogP contribution in [-0.4, -0.2) is 41.0 Å². The molecule has 2 aliphatic rings. The summed E-state index contributed by atoms with van der Waals surface area (Å²) in [6.07, 6.45) is 0.914. The predicted molar refractivity (Wildman–Crippen MR) is 103 cm³/mol. The summed E-state index contributed by atoms with van der Waals surface area (Å²) in [7, 11) is 0. The number of hydrogen-bond acceptors (Lipinski definition) is 4. The van der Waals surface area contributed by atoms with E-state index in [9.17, 15) is 22.8 Å². The lowest BCUT2D eigenvalue weighted by Crippen LogP contribution is -2.28. The minimum Gasteiger partial charge on any atom is -0.324 e. The van der Waals surface area contributed by atoms with Crippen molar-refractivity contribution in [2.24, 2.45) is 11.8 Å². The van der Waals surface area contributed by atoms with Crippen LogP contribution in [0.2, 0.25) is 0 Å². The van der Waals surface area contributed by atoms with E-state index in [0.717, 1.165) is 43.9 Å². The maximum absolute atomic E-state index is 13.7. The fraction of sp³-hybridized carbons (Fsp3) is 0.579. The van der Waals surface area contributed by atoms with Crippen molar-refractivity contribution in [1.82, 2.24) is 9.88 Å². The number of rotatable bonds is 4. The molecule has 0 saturated carbocycles. The lowest BCUT2D eigenvalue weighted by molar-refractivity contribution is -0.115. The largest absolute Gasteiger partial charge is 0.324 e. The number of aromatic nitrogens is 1. The third-order valence-corrected chi connectivity index (χ3v) is 6.17. The van der Waals surface area contributed by atoms with Crippen molar-refractivity contribution in [3.8, 4) is 11.8 Å². The lowest BCUT2D eigenvalue weighted by Gasteiger charge is -2.17. The van der Waals surface area contributed by atoms with E-state index in [1.807, 2.05) is 0 Å². The molecule has 1 aromatic rings. The number of alkyl halides is 2. The second-order valence-electron chi connectivity index (χ2n) is 6.98. The van der Waals surface area contributed by atoms with Crippen LogP contribution in [0.3, 0.4) is 0 Å². The van der Waals surface area contributed by atoms with Crippen LogP contribution in [-0.2, 0) is 11.3 Å². The number of nitrogens with one attached hydrogen (secondary N) is 2. The van der Waals surface area contributed by atoms with E-state index in [-0.39, 0.29) is 22.8 Å². The van der Waals surface area contributed by atoms with Gasteiger partial charge in [0.1, 0.15) is 0 Å². The first-order valence-electron chi connectivity index (χ1n) is 9.24. The smallest absolute Gasteiger partial charge is 0.286 e. The normalized spacial score (nSPS) is 22.7. The number of amides is 1. The molecule has 0 aliphatic carbocycles. The van der Waals surface area contributed by atoms with Crippen molar-refractivity contribution >= 4 is 23.4 Å². The van der Waals surface area contributed by atoms with Gasteiger partial charge in [0.25, 0.3) is 12.0 Å². The Hall–Kier alpha value is -1.92. The van der Waals surface area contributed by atoms with Crippen molar-refractivity contribution in [3.05, 3.63) is 28.4 Å². The number of piperidine rings is 1. The molecule has 2 aliphatic heterocycles. The van der Waals surface area contributed by atoms with Crippen LogP contribution in [0.15, 0.2) is 17.1 Å². The fourth-order valence-electron chi connectivity index (χ4n) is 3.29. The Morgan fingerprint density at radius 3 is 2.75 bits per heavy atom. The number of hydrogen-bond donors (Lipinski definition) is 2. The van der Waals surface area contributed by atoms with Gasteiger partial charge in [0, 0.05) is 29.9 Å². The highest BCUT2D eigenvalue weighted by Crippen LogP contribution is 2.32. The van der Waals surface area contributed by atoms with E-state index in [0.29, 0.717) is 16.9 Å². The van der Waals surface area contributed by atoms with Crippen LogP contribution < -0.4 is 16.2 Å². The van der Waals surface area contributed by atoms with Crippen LogP contribution in [0.4, 0.5) is 18.9 Å². The second-order valence-corrected chi connectivity index (χ2v) is 8.22. The van der Waals surface area contributed by atoms with Crippen molar-refractivity contribution in [3.63, 3.8) is 0 Å². The molecule has 2 atom stereocenters. The molecule has 0 aromatic carbocycles. The quantitative estimate of drug-likeness (QED) is 0.744. The number of pyridine rings is 1. The summed E-state index contributed by atoms with van der Waals surface area (Å²) in [5, 5.41) is 5.48. The predicted octanol–water partition coefficient (Wildman–Crippen LogP) is 2.32. The van der Waals surface area contributed by atoms with Crippen LogP contribution in [0.1, 0.15) is 19.3 Å². The van der Waals surface area contributed by atoms with Gasteiger partial charge in [0.05, 0.1) is 17.5 Å². The number of carbonyl (C=O) groups is 1. The van der Waals surface area contributed by atoms with Crippen molar-refractivity contribution < 1.29 is 18.0 Å². The minimum absolute atomic E-state index is 0.00686. The van der Waals surface area contributed by atoms with Gasteiger partial charge in [-0.25, -0.2) is 13.2 Å². The molecule has 0 radical (unpaired) electrons. The van der Waals surface area contributed by atoms with E-state index >= 15 is 0 Å². The SMILES string of the molecule is O=C(Nc1cc(F)c(=O)n(CC(F)F)c1)C1CC(C#CC2CCNCC2)CS1. The second kappa shape index (κ2) is 9.52. The highest BCUT2D eigenvalue weighted by Gasteiger charge is 2.30. The van der Waals surface area contributed by atoms with Crippen LogP contribution in [0, 0.1) is 29.5 Å². The number of halogens is 3. The first-order chi connectivity index (χ1) is 13.4. The van der Waals surface area contributed by atoms with E-state index in [4.69, 9.17) is 0 Å². The summed E-state index contributed by atoms with van der Waals surface area (Å²) in [4.78, 5) is 24.0. The summed E-state index contributed by atoms with van der Waals surface area (Å²) in [6, 6.07) is 0.857. The average Bonchev–Trinajstić information content (AvgIpc) is 3.14. The van der Waals surface area contributed by atoms with E-state index in [2.05, 4.69) is 22.5 Å². The molecule has 28 heavy (non-hydrogen) atoms. The number of nitrogens with zero attached hydrogens (tertiary/aromatic N) is 1. The van der Waals surface area contributed by atoms with Gasteiger partial charge in [-0.1, -0.05) is 11.8 Å². The minimum atomic E-state index is -2.80. The molecule has 152 valence electrons. The summed E-state index contributed by atoms with van der Waals surface area (Å²) in [6.45, 7) is 1.04. The maximum Gasteiger partial charge on any atom is 0.286 e. The van der Waals surface area contributed by atoms with Gasteiger partial charge in [-0.3, -0.25) is 9.59 Å². The topological polar surface area (TPSA) is 63.1 Å². The number of anilines is 1. The van der Waals surface area contributed by atoms with E-state index < -0.39 is 24.3 Å². The highest BCUT2D eigenvalue weighted by atomic mass is 32.2. The Bertz CT molecular complexity index is 828. The van der Waals surface area contributed by atoms with Gasteiger partial charge in [-0.15, -0.1) is 11.8 Å². The summed E-state index contributed by atoms with van der Waals surface area (Å²) in [5.41, 5.74) is -1.14. The van der Waals surface area contributed by atoms with Gasteiger partial charge in [0.2, 0.25) is 5.91 Å². The van der Waals surface area contributed by atoms with Crippen molar-refractivity contribution in [2.45, 2.75) is 37.5 Å². The Morgan fingerprint density at radius 2 is 2.04 bits per heavy atom. The molecule has 1 aromatic heterocycles. The molecule has 3 rings (SSSR count). The van der Waals surface area contributed by atoms with E-state index in [1.54, 1.807) is 0 Å². The summed E-state index contributed by atoms with van der Waals surface area (Å²) in [5.74, 6) is 6.36. The van der Waals surface area contributed by atoms with Crippen LogP contribution in [0.25, 0.3) is 0 Å². The zero-order chi connectivity index (χ0) is 20.1. The van der Waals surface area contributed by atoms with Crippen LogP contribution >= 0.6 is 11.8 Å². The molecular weight excluding hydrogens is 391 g/mol. The molecular formula is C19H22F3N3O2S. The molecule has 1 amide bonds. The number of thioether (sulfide) groups is 1. The third-order valence-electron chi connectivity index (χ3n) is 4.76. The first kappa shape index (κ1) is 20.8. The molecule has 2 unspecified atom stereocenters. The molecule has 3 heterocycles. The average molecular weight is 413 g/mol.